The molecule has 0 aromatic rings. The highest BCUT2D eigenvalue weighted by molar-refractivity contribution is 6.32. The third kappa shape index (κ3) is 3.93. The topological polar surface area (TPSA) is 90.9 Å². The molecule has 16 heavy (non-hydrogen) atoms. The predicted molar refractivity (Wildman–Crippen MR) is 53.0 cm³/mol. The average molecular weight is 254 g/mol. The smallest absolute Gasteiger partial charge is 0.407 e. The zero-order valence-corrected chi connectivity index (χ0v) is 9.74. The van der Waals surface area contributed by atoms with Crippen molar-refractivity contribution in [2.45, 2.75) is 11.4 Å². The molecule has 2 atom stereocenters. The SMILES string of the molecule is COC(=O)N[C@@H](C(=O)OC)[C@@H](Cl)C(=O)OC. The first kappa shape index (κ1) is 14.5. The number of methoxy groups -OCH3 is 3. The van der Waals surface area contributed by atoms with Crippen LogP contribution in [0, 0.1) is 0 Å². The molecule has 0 aliphatic rings. The number of alkyl carbamates (subject to hydrolysis) is 1. The van der Waals surface area contributed by atoms with E-state index in [0.717, 1.165) is 21.3 Å². The summed E-state index contributed by atoms with van der Waals surface area (Å²) in [6.45, 7) is 0. The number of ether oxygens (including phenoxy) is 3. The number of hydrogen-bond donors (Lipinski definition) is 1. The highest BCUT2D eigenvalue weighted by atomic mass is 35.5. The lowest BCUT2D eigenvalue weighted by atomic mass is 10.2. The number of carbonyl (C=O) groups is 3. The van der Waals surface area contributed by atoms with Gasteiger partial charge in [-0.05, 0) is 0 Å². The molecule has 0 aromatic carbocycles. The van der Waals surface area contributed by atoms with Crippen molar-refractivity contribution in [3.8, 4) is 0 Å². The van der Waals surface area contributed by atoms with Crippen LogP contribution in [0.3, 0.4) is 0 Å². The summed E-state index contributed by atoms with van der Waals surface area (Å²) >= 11 is 5.63. The molecule has 0 unspecified atom stereocenters. The number of esters is 2. The van der Waals surface area contributed by atoms with Crippen LogP contribution in [0.2, 0.25) is 0 Å². The van der Waals surface area contributed by atoms with Crippen LogP contribution in [0.5, 0.6) is 0 Å². The monoisotopic (exact) mass is 253 g/mol. The first-order valence-corrected chi connectivity index (χ1v) is 4.55. The van der Waals surface area contributed by atoms with Crippen LogP contribution < -0.4 is 5.32 Å². The van der Waals surface area contributed by atoms with E-state index in [0.29, 0.717) is 0 Å². The van der Waals surface area contributed by atoms with Crippen molar-refractivity contribution in [1.82, 2.24) is 5.32 Å². The normalized spacial score (nSPS) is 13.2. The van der Waals surface area contributed by atoms with Gasteiger partial charge < -0.3 is 19.5 Å². The maximum Gasteiger partial charge on any atom is 0.407 e. The molecule has 0 heterocycles. The zero-order valence-electron chi connectivity index (χ0n) is 8.98. The molecule has 0 fully saturated rings. The summed E-state index contributed by atoms with van der Waals surface area (Å²) in [5.41, 5.74) is 0. The predicted octanol–water partition coefficient (Wildman–Crippen LogP) is -0.336. The average Bonchev–Trinajstić information content (AvgIpc) is 2.32. The molecular formula is C8H12ClNO6. The molecule has 1 amide bonds. The largest absolute Gasteiger partial charge is 0.468 e. The Hall–Kier alpha value is -1.50. The van der Waals surface area contributed by atoms with Gasteiger partial charge in [-0.25, -0.2) is 9.59 Å². The van der Waals surface area contributed by atoms with Crippen LogP contribution >= 0.6 is 11.6 Å². The van der Waals surface area contributed by atoms with Gasteiger partial charge in [0.2, 0.25) is 0 Å². The van der Waals surface area contributed by atoms with Gasteiger partial charge >= 0.3 is 18.0 Å². The molecule has 0 saturated carbocycles. The molecule has 0 saturated heterocycles. The summed E-state index contributed by atoms with van der Waals surface area (Å²) in [5, 5.41) is 0.672. The van der Waals surface area contributed by atoms with Crippen LogP contribution in [-0.2, 0) is 23.8 Å². The summed E-state index contributed by atoms with van der Waals surface area (Å²) in [5.74, 6) is -1.75. The Balaban J connectivity index is 4.72. The van der Waals surface area contributed by atoms with Crippen molar-refractivity contribution in [3.63, 3.8) is 0 Å². The second kappa shape index (κ2) is 6.89. The Morgan fingerprint density at radius 3 is 1.88 bits per heavy atom. The third-order valence-corrected chi connectivity index (χ3v) is 2.06. The summed E-state index contributed by atoms with van der Waals surface area (Å²) in [7, 11) is 3.30. The molecule has 0 rings (SSSR count). The van der Waals surface area contributed by atoms with Crippen molar-refractivity contribution in [2.24, 2.45) is 0 Å². The Morgan fingerprint density at radius 1 is 1.00 bits per heavy atom. The van der Waals surface area contributed by atoms with E-state index in [1.165, 1.54) is 0 Å². The van der Waals surface area contributed by atoms with Crippen molar-refractivity contribution >= 4 is 29.6 Å². The summed E-state index contributed by atoms with van der Waals surface area (Å²) < 4.78 is 13.0. The van der Waals surface area contributed by atoms with Gasteiger partial charge in [0, 0.05) is 0 Å². The minimum absolute atomic E-state index is 0.867. The van der Waals surface area contributed by atoms with Crippen molar-refractivity contribution in [3.05, 3.63) is 0 Å². The highest BCUT2D eigenvalue weighted by Crippen LogP contribution is 2.07. The zero-order chi connectivity index (χ0) is 12.7. The lowest BCUT2D eigenvalue weighted by Crippen LogP contribution is -2.50. The van der Waals surface area contributed by atoms with Crippen LogP contribution in [0.1, 0.15) is 0 Å². The van der Waals surface area contributed by atoms with Crippen molar-refractivity contribution < 1.29 is 28.6 Å². The van der Waals surface area contributed by atoms with Crippen LogP contribution in [0.25, 0.3) is 0 Å². The van der Waals surface area contributed by atoms with E-state index < -0.39 is 29.5 Å². The number of carbonyl (C=O) groups excluding carboxylic acids is 3. The maximum absolute atomic E-state index is 11.2. The van der Waals surface area contributed by atoms with Gasteiger partial charge in [-0.3, -0.25) is 4.79 Å². The van der Waals surface area contributed by atoms with E-state index in [2.05, 4.69) is 19.5 Å². The molecule has 0 radical (unpaired) electrons. The van der Waals surface area contributed by atoms with E-state index in [1.54, 1.807) is 0 Å². The molecule has 1 N–H and O–H groups in total. The minimum atomic E-state index is -1.39. The van der Waals surface area contributed by atoms with E-state index in [4.69, 9.17) is 11.6 Å². The second-order valence-corrected chi connectivity index (χ2v) is 3.03. The van der Waals surface area contributed by atoms with E-state index in [9.17, 15) is 14.4 Å². The van der Waals surface area contributed by atoms with Crippen molar-refractivity contribution in [2.75, 3.05) is 21.3 Å². The lowest BCUT2D eigenvalue weighted by molar-refractivity contribution is -0.149. The Bertz CT molecular complexity index is 282. The van der Waals surface area contributed by atoms with Gasteiger partial charge in [-0.2, -0.15) is 0 Å². The van der Waals surface area contributed by atoms with Gasteiger partial charge in [0.25, 0.3) is 0 Å². The van der Waals surface area contributed by atoms with Crippen LogP contribution in [-0.4, -0.2) is 50.8 Å². The first-order chi connectivity index (χ1) is 7.47. The van der Waals surface area contributed by atoms with E-state index >= 15 is 0 Å². The number of amides is 1. The second-order valence-electron chi connectivity index (χ2n) is 2.56. The number of rotatable bonds is 4. The summed E-state index contributed by atoms with van der Waals surface area (Å²) in [6.07, 6.45) is -0.912. The molecule has 0 spiro atoms. The van der Waals surface area contributed by atoms with Gasteiger partial charge in [0.05, 0.1) is 21.3 Å². The number of alkyl halides is 1. The fourth-order valence-electron chi connectivity index (χ4n) is 0.813. The van der Waals surface area contributed by atoms with Gasteiger partial charge in [0.15, 0.2) is 11.4 Å². The molecule has 8 heteroatoms. The van der Waals surface area contributed by atoms with Gasteiger partial charge in [0.1, 0.15) is 0 Å². The highest BCUT2D eigenvalue weighted by Gasteiger charge is 2.35. The van der Waals surface area contributed by atoms with E-state index in [1.807, 2.05) is 0 Å². The number of nitrogens with one attached hydrogen (secondary N) is 1. The summed E-state index contributed by atoms with van der Waals surface area (Å²) in [6, 6.07) is -1.37. The Labute approximate surface area is 97.0 Å². The molecular weight excluding hydrogens is 242 g/mol. The molecule has 0 aliphatic carbocycles. The molecule has 92 valence electrons. The third-order valence-electron chi connectivity index (χ3n) is 1.63. The summed E-state index contributed by atoms with van der Waals surface area (Å²) in [4.78, 5) is 33.2. The minimum Gasteiger partial charge on any atom is -0.468 e. The number of halogens is 1. The molecule has 7 nitrogen and oxygen atoms in total. The fourth-order valence-corrected chi connectivity index (χ4v) is 1.07. The standard InChI is InChI=1S/C8H12ClNO6/c1-14-6(11)4(9)5(7(12)15-2)10-8(13)16-3/h4-5H,1-3H3,(H,10,13)/t4-,5-/m1/s1. The van der Waals surface area contributed by atoms with E-state index in [-0.39, 0.29) is 0 Å². The lowest BCUT2D eigenvalue weighted by Gasteiger charge is -2.18. The van der Waals surface area contributed by atoms with Gasteiger partial charge in [-0.15, -0.1) is 11.6 Å². The Morgan fingerprint density at radius 2 is 1.50 bits per heavy atom. The number of hydrogen-bond acceptors (Lipinski definition) is 6. The maximum atomic E-state index is 11.2. The van der Waals surface area contributed by atoms with Crippen LogP contribution in [0.15, 0.2) is 0 Å². The van der Waals surface area contributed by atoms with Crippen molar-refractivity contribution in [1.29, 1.82) is 0 Å². The fraction of sp³-hybridized carbons (Fsp3) is 0.625. The molecule has 0 aliphatic heterocycles. The van der Waals surface area contributed by atoms with Crippen LogP contribution in [0.4, 0.5) is 4.79 Å². The Kier molecular flexibility index (Phi) is 6.24. The quantitative estimate of drug-likeness (QED) is 0.419. The first-order valence-electron chi connectivity index (χ1n) is 4.12. The molecule has 0 aromatic heterocycles. The molecule has 0 bridgehead atoms. The van der Waals surface area contributed by atoms with Gasteiger partial charge in [-0.1, -0.05) is 0 Å².